The first kappa shape index (κ1) is 24.8. The van der Waals surface area contributed by atoms with Crippen LogP contribution in [0.3, 0.4) is 0 Å². The minimum absolute atomic E-state index is 0.142. The Kier molecular flexibility index (Phi) is 9.33. The molecule has 2 N–H and O–H groups in total. The molecule has 0 saturated carbocycles. The van der Waals surface area contributed by atoms with Crippen molar-refractivity contribution in [3.63, 3.8) is 0 Å². The predicted octanol–water partition coefficient (Wildman–Crippen LogP) is 4.37. The Balaban J connectivity index is 1.52. The molecule has 0 unspecified atom stereocenters. The van der Waals surface area contributed by atoms with E-state index < -0.39 is 18.2 Å². The van der Waals surface area contributed by atoms with Gasteiger partial charge in [0.05, 0.1) is 12.1 Å². The van der Waals surface area contributed by atoms with Gasteiger partial charge in [0.2, 0.25) is 0 Å². The number of hydrogen-bond acceptors (Lipinski definition) is 5. The van der Waals surface area contributed by atoms with Gasteiger partial charge in [-0.2, -0.15) is 11.8 Å². The number of nitrogens with zero attached hydrogens (tertiary/aromatic N) is 1. The van der Waals surface area contributed by atoms with E-state index in [1.165, 1.54) is 6.07 Å². The van der Waals surface area contributed by atoms with Gasteiger partial charge in [0.25, 0.3) is 0 Å². The van der Waals surface area contributed by atoms with Crippen molar-refractivity contribution in [3.8, 4) is 11.1 Å². The van der Waals surface area contributed by atoms with Crippen LogP contribution in [0.2, 0.25) is 0 Å². The highest BCUT2D eigenvalue weighted by atomic mass is 32.2. The summed E-state index contributed by atoms with van der Waals surface area (Å²) >= 11 is 1.60. The van der Waals surface area contributed by atoms with E-state index in [1.54, 1.807) is 40.9 Å². The molecule has 0 aromatic heterocycles. The van der Waals surface area contributed by atoms with E-state index in [4.69, 9.17) is 9.84 Å². The lowest BCUT2D eigenvalue weighted by Crippen LogP contribution is -2.34. The number of aliphatic carboxylic acids is 1. The molecule has 33 heavy (non-hydrogen) atoms. The van der Waals surface area contributed by atoms with Crippen LogP contribution in [-0.2, 0) is 16.0 Å². The van der Waals surface area contributed by atoms with Gasteiger partial charge < -0.3 is 14.9 Å². The summed E-state index contributed by atoms with van der Waals surface area (Å²) in [6.45, 7) is 0.709. The standard InChI is InChI=1S/C25H28FNO5S/c26-23-11-8-18(16-22(23)19-5-2-1-3-6-19)15-21(28)10-9-20-17-32-25(31)27(20)12-14-33-13-4-7-24(29)30/h1-3,5-6,8-11,16,20-21,28H,4,7,12-15,17H2,(H,29,30)/b10-9+/t20-,21+/m0/s1. The largest absolute Gasteiger partial charge is 0.481 e. The number of amides is 1. The number of rotatable bonds is 12. The van der Waals surface area contributed by atoms with Crippen LogP contribution in [0.15, 0.2) is 60.7 Å². The van der Waals surface area contributed by atoms with Gasteiger partial charge in [0.15, 0.2) is 0 Å². The van der Waals surface area contributed by atoms with Crippen molar-refractivity contribution in [2.45, 2.75) is 31.4 Å². The zero-order valence-electron chi connectivity index (χ0n) is 18.2. The van der Waals surface area contributed by atoms with E-state index in [1.807, 2.05) is 30.3 Å². The topological polar surface area (TPSA) is 87.1 Å². The van der Waals surface area contributed by atoms with Crippen molar-refractivity contribution in [2.75, 3.05) is 24.7 Å². The second kappa shape index (κ2) is 12.4. The summed E-state index contributed by atoms with van der Waals surface area (Å²) in [7, 11) is 0. The summed E-state index contributed by atoms with van der Waals surface area (Å²) in [6, 6.07) is 13.8. The SMILES string of the molecule is O=C(O)CCCSCCN1C(=O)OC[C@@H]1/C=C/[C@@H](O)Cc1ccc(F)c(-c2ccccc2)c1. The fourth-order valence-corrected chi connectivity index (χ4v) is 4.45. The number of carboxylic acids is 1. The normalized spacial score (nSPS) is 16.8. The predicted molar refractivity (Wildman–Crippen MR) is 127 cm³/mol. The van der Waals surface area contributed by atoms with E-state index in [-0.39, 0.29) is 24.9 Å². The lowest BCUT2D eigenvalue weighted by atomic mass is 9.99. The average Bonchev–Trinajstić information content (AvgIpc) is 3.15. The molecule has 1 heterocycles. The number of ether oxygens (including phenoxy) is 1. The molecule has 2 aromatic rings. The Morgan fingerprint density at radius 3 is 2.79 bits per heavy atom. The Morgan fingerprint density at radius 2 is 2.03 bits per heavy atom. The molecule has 1 amide bonds. The van der Waals surface area contributed by atoms with Crippen molar-refractivity contribution in [1.29, 1.82) is 0 Å². The molecule has 1 aliphatic rings. The zero-order valence-corrected chi connectivity index (χ0v) is 19.0. The molecular formula is C25H28FNO5S. The maximum atomic E-state index is 14.3. The van der Waals surface area contributed by atoms with Crippen LogP contribution in [0.25, 0.3) is 11.1 Å². The molecule has 2 aromatic carbocycles. The number of aliphatic hydroxyl groups is 1. The summed E-state index contributed by atoms with van der Waals surface area (Å²) in [5, 5.41) is 19.2. The molecular weight excluding hydrogens is 445 g/mol. The quantitative estimate of drug-likeness (QED) is 0.352. The van der Waals surface area contributed by atoms with Crippen molar-refractivity contribution in [3.05, 3.63) is 72.1 Å². The van der Waals surface area contributed by atoms with Gasteiger partial charge in [-0.15, -0.1) is 0 Å². The average molecular weight is 474 g/mol. The number of carbonyl (C=O) groups excluding carboxylic acids is 1. The first-order chi connectivity index (χ1) is 15.9. The summed E-state index contributed by atoms with van der Waals surface area (Å²) < 4.78 is 19.4. The molecule has 176 valence electrons. The third-order valence-corrected chi connectivity index (χ3v) is 6.33. The summed E-state index contributed by atoms with van der Waals surface area (Å²) in [6.07, 6.45) is 3.28. The Hall–Kier alpha value is -2.84. The molecule has 0 aliphatic carbocycles. The number of aliphatic hydroxyl groups excluding tert-OH is 1. The number of thioether (sulfide) groups is 1. The molecule has 8 heteroatoms. The number of benzene rings is 2. The molecule has 0 radical (unpaired) electrons. The highest BCUT2D eigenvalue weighted by Crippen LogP contribution is 2.24. The molecule has 6 nitrogen and oxygen atoms in total. The van der Waals surface area contributed by atoms with E-state index >= 15 is 0 Å². The number of hydrogen-bond donors (Lipinski definition) is 2. The highest BCUT2D eigenvalue weighted by Gasteiger charge is 2.30. The Bertz CT molecular complexity index is 969. The monoisotopic (exact) mass is 473 g/mol. The second-order valence-electron chi connectivity index (χ2n) is 7.78. The Labute approximate surface area is 197 Å². The van der Waals surface area contributed by atoms with Crippen LogP contribution < -0.4 is 0 Å². The fraction of sp³-hybridized carbons (Fsp3) is 0.360. The van der Waals surface area contributed by atoms with E-state index in [0.717, 1.165) is 16.9 Å². The van der Waals surface area contributed by atoms with Crippen LogP contribution >= 0.6 is 11.8 Å². The van der Waals surface area contributed by atoms with Crippen LogP contribution in [0, 0.1) is 5.82 Å². The minimum Gasteiger partial charge on any atom is -0.481 e. The maximum Gasteiger partial charge on any atom is 0.410 e. The first-order valence-corrected chi connectivity index (χ1v) is 12.0. The zero-order chi connectivity index (χ0) is 23.6. The molecule has 3 rings (SSSR count). The van der Waals surface area contributed by atoms with Crippen molar-refractivity contribution in [2.24, 2.45) is 0 Å². The minimum atomic E-state index is -0.806. The fourth-order valence-electron chi connectivity index (χ4n) is 3.58. The molecule has 0 bridgehead atoms. The van der Waals surface area contributed by atoms with Gasteiger partial charge in [0, 0.05) is 30.7 Å². The third-order valence-electron chi connectivity index (χ3n) is 5.28. The highest BCUT2D eigenvalue weighted by molar-refractivity contribution is 7.99. The molecule has 0 spiro atoms. The second-order valence-corrected chi connectivity index (χ2v) is 9.01. The van der Waals surface area contributed by atoms with E-state index in [2.05, 4.69) is 0 Å². The summed E-state index contributed by atoms with van der Waals surface area (Å²) in [5.74, 6) is 0.281. The molecule has 2 atom stereocenters. The van der Waals surface area contributed by atoms with Crippen LogP contribution in [0.5, 0.6) is 0 Å². The van der Waals surface area contributed by atoms with Gasteiger partial charge >= 0.3 is 12.1 Å². The smallest absolute Gasteiger partial charge is 0.410 e. The summed E-state index contributed by atoms with van der Waals surface area (Å²) in [5.41, 5.74) is 2.08. The molecule has 1 aliphatic heterocycles. The van der Waals surface area contributed by atoms with Crippen LogP contribution in [-0.4, -0.2) is 64.0 Å². The number of halogens is 1. The van der Waals surface area contributed by atoms with Gasteiger partial charge in [-0.3, -0.25) is 9.69 Å². The maximum absolute atomic E-state index is 14.3. The lowest BCUT2D eigenvalue weighted by Gasteiger charge is -2.19. The number of cyclic esters (lactones) is 1. The Morgan fingerprint density at radius 1 is 1.24 bits per heavy atom. The van der Waals surface area contributed by atoms with Crippen molar-refractivity contribution < 1.29 is 28.9 Å². The van der Waals surface area contributed by atoms with Gasteiger partial charge in [-0.05, 0) is 35.4 Å². The lowest BCUT2D eigenvalue weighted by molar-refractivity contribution is -0.137. The van der Waals surface area contributed by atoms with E-state index in [9.17, 15) is 19.1 Å². The van der Waals surface area contributed by atoms with E-state index in [0.29, 0.717) is 30.7 Å². The third kappa shape index (κ3) is 7.61. The van der Waals surface area contributed by atoms with Crippen LogP contribution in [0.4, 0.5) is 9.18 Å². The van der Waals surface area contributed by atoms with Gasteiger partial charge in [-0.1, -0.05) is 48.6 Å². The molecule has 1 fully saturated rings. The van der Waals surface area contributed by atoms with Crippen molar-refractivity contribution in [1.82, 2.24) is 4.90 Å². The number of carbonyl (C=O) groups is 2. The number of carboxylic acid groups (broad SMARTS) is 1. The van der Waals surface area contributed by atoms with Gasteiger partial charge in [-0.25, -0.2) is 9.18 Å². The molecule has 1 saturated heterocycles. The van der Waals surface area contributed by atoms with Gasteiger partial charge in [0.1, 0.15) is 12.4 Å². The first-order valence-electron chi connectivity index (χ1n) is 10.9. The summed E-state index contributed by atoms with van der Waals surface area (Å²) in [4.78, 5) is 24.2. The van der Waals surface area contributed by atoms with Crippen LogP contribution in [0.1, 0.15) is 18.4 Å². The van der Waals surface area contributed by atoms with Crippen molar-refractivity contribution >= 4 is 23.8 Å².